The van der Waals surface area contributed by atoms with E-state index >= 15 is 0 Å². The summed E-state index contributed by atoms with van der Waals surface area (Å²) >= 11 is 6.21. The molecule has 0 aromatic carbocycles. The van der Waals surface area contributed by atoms with Gasteiger partial charge < -0.3 is 4.74 Å². The van der Waals surface area contributed by atoms with Crippen LogP contribution in [-0.2, 0) is 19.6 Å². The number of sulfonamides is 1. The van der Waals surface area contributed by atoms with E-state index in [1.54, 1.807) is 0 Å². The second-order valence-corrected chi connectivity index (χ2v) is 11.4. The maximum absolute atomic E-state index is 14.7. The molecule has 5 atom stereocenters. The van der Waals surface area contributed by atoms with Gasteiger partial charge in [0.2, 0.25) is 15.9 Å². The smallest absolute Gasteiger partial charge is 0.241 e. The molecule has 3 rings (SSSR count). The van der Waals surface area contributed by atoms with Crippen LogP contribution in [-0.4, -0.2) is 76.0 Å². The van der Waals surface area contributed by atoms with Gasteiger partial charge in [0, 0.05) is 32.5 Å². The minimum Gasteiger partial charge on any atom is -0.381 e. The number of ether oxygens (including phenoxy) is 1. The lowest BCUT2D eigenvalue weighted by molar-refractivity contribution is -0.129. The Hall–Kier alpha value is -0.520. The van der Waals surface area contributed by atoms with E-state index in [4.69, 9.17) is 16.3 Å². The van der Waals surface area contributed by atoms with Crippen molar-refractivity contribution in [1.82, 2.24) is 20.5 Å². The number of nitrogens with zero attached hydrogens (tertiary/aromatic N) is 1. The summed E-state index contributed by atoms with van der Waals surface area (Å²) in [5.41, 5.74) is 1.82. The summed E-state index contributed by atoms with van der Waals surface area (Å²) in [5, 5.41) is 2.60. The van der Waals surface area contributed by atoms with Gasteiger partial charge in [0.1, 0.15) is 6.17 Å². The number of amides is 1. The normalized spacial score (nSPS) is 36.1. The van der Waals surface area contributed by atoms with Gasteiger partial charge in [0.25, 0.3) is 0 Å². The highest BCUT2D eigenvalue weighted by atomic mass is 35.5. The topological polar surface area (TPSA) is 99.8 Å². The van der Waals surface area contributed by atoms with Gasteiger partial charge in [-0.2, -0.15) is 0 Å². The highest BCUT2D eigenvalue weighted by molar-refractivity contribution is 7.89. The molecule has 2 aliphatic heterocycles. The summed E-state index contributed by atoms with van der Waals surface area (Å²) in [6.45, 7) is 4.49. The Kier molecular flexibility index (Phi) is 7.44. The Morgan fingerprint density at radius 3 is 2.66 bits per heavy atom. The van der Waals surface area contributed by atoms with Crippen molar-refractivity contribution in [2.45, 2.75) is 50.2 Å². The van der Waals surface area contributed by atoms with Crippen LogP contribution in [0.25, 0.3) is 0 Å². The molecule has 29 heavy (non-hydrogen) atoms. The molecule has 3 fully saturated rings. The number of rotatable bonds is 6. The largest absolute Gasteiger partial charge is 0.381 e. The molecule has 0 spiro atoms. The summed E-state index contributed by atoms with van der Waals surface area (Å²) in [7, 11) is -1.76. The Labute approximate surface area is 177 Å². The maximum atomic E-state index is 14.7. The van der Waals surface area contributed by atoms with E-state index in [-0.39, 0.29) is 17.7 Å². The summed E-state index contributed by atoms with van der Waals surface area (Å²) in [4.78, 5) is 16.9. The molecule has 168 valence electrons. The Morgan fingerprint density at radius 1 is 1.34 bits per heavy atom. The van der Waals surface area contributed by atoms with E-state index < -0.39 is 38.8 Å². The zero-order valence-corrected chi connectivity index (χ0v) is 18.6. The molecular formula is C18H32ClFN4O4S. The van der Waals surface area contributed by atoms with Gasteiger partial charge in [-0.25, -0.2) is 12.8 Å². The predicted molar refractivity (Wildman–Crippen MR) is 108 cm³/mol. The SMILES string of the molecule is CN1CNC(C2CC(Cl)C(F)C(C(=O)NNS(=O)(=O)CC3(C)CCOCC3)C2)C1. The Morgan fingerprint density at radius 2 is 2.03 bits per heavy atom. The van der Waals surface area contributed by atoms with Gasteiger partial charge in [0.05, 0.1) is 17.0 Å². The standard InChI is InChI=1S/C18H32ClFN4O4S/c1-18(3-5-28-6-4-18)10-29(26,27)23-22-17(25)13-7-12(8-14(19)16(13)20)15-9-24(2)11-21-15/h12-16,21,23H,3-11H2,1-2H3,(H,22,25). The molecule has 0 bridgehead atoms. The van der Waals surface area contributed by atoms with Crippen LogP contribution >= 0.6 is 11.6 Å². The van der Waals surface area contributed by atoms with Crippen LogP contribution < -0.4 is 15.6 Å². The highest BCUT2D eigenvalue weighted by Gasteiger charge is 2.44. The molecule has 1 aliphatic carbocycles. The van der Waals surface area contributed by atoms with E-state index in [9.17, 15) is 17.6 Å². The highest BCUT2D eigenvalue weighted by Crippen LogP contribution is 2.37. The fraction of sp³-hybridized carbons (Fsp3) is 0.944. The fourth-order valence-electron chi connectivity index (χ4n) is 4.58. The molecule has 3 N–H and O–H groups in total. The van der Waals surface area contributed by atoms with Crippen LogP contribution in [0.4, 0.5) is 4.39 Å². The summed E-state index contributed by atoms with van der Waals surface area (Å²) in [6, 6.07) is 0.147. The summed E-state index contributed by atoms with van der Waals surface area (Å²) in [5.74, 6) is -1.71. The van der Waals surface area contributed by atoms with Crippen LogP contribution in [0.5, 0.6) is 0 Å². The van der Waals surface area contributed by atoms with Crippen LogP contribution in [0, 0.1) is 17.3 Å². The lowest BCUT2D eigenvalue weighted by atomic mass is 9.76. The van der Waals surface area contributed by atoms with Crippen molar-refractivity contribution in [2.24, 2.45) is 17.3 Å². The number of carbonyl (C=O) groups is 1. The monoisotopic (exact) mass is 454 g/mol. The number of hydrogen-bond donors (Lipinski definition) is 3. The molecule has 1 saturated carbocycles. The second-order valence-electron chi connectivity index (χ2n) is 9.08. The zero-order valence-electron chi connectivity index (χ0n) is 17.0. The van der Waals surface area contributed by atoms with Crippen LogP contribution in [0.3, 0.4) is 0 Å². The molecule has 0 aromatic rings. The summed E-state index contributed by atoms with van der Waals surface area (Å²) < 4.78 is 44.8. The van der Waals surface area contributed by atoms with E-state index in [0.717, 1.165) is 13.2 Å². The molecule has 0 radical (unpaired) electrons. The number of likely N-dealkylation sites (N-methyl/N-ethyl adjacent to an activating group) is 1. The second kappa shape index (κ2) is 9.32. The molecule has 11 heteroatoms. The Bertz CT molecular complexity index is 691. The molecule has 3 aliphatic rings. The third-order valence-electron chi connectivity index (χ3n) is 6.42. The van der Waals surface area contributed by atoms with Crippen molar-refractivity contribution >= 4 is 27.5 Å². The van der Waals surface area contributed by atoms with Gasteiger partial charge >= 0.3 is 0 Å². The molecule has 0 aromatic heterocycles. The van der Waals surface area contributed by atoms with Gasteiger partial charge in [-0.05, 0) is 44.1 Å². The van der Waals surface area contributed by atoms with Gasteiger partial charge in [-0.1, -0.05) is 6.92 Å². The quantitative estimate of drug-likeness (QED) is 0.401. The van der Waals surface area contributed by atoms with E-state index in [0.29, 0.717) is 38.9 Å². The third kappa shape index (κ3) is 6.01. The molecular weight excluding hydrogens is 423 g/mol. The van der Waals surface area contributed by atoms with E-state index in [1.807, 2.05) is 14.0 Å². The van der Waals surface area contributed by atoms with Gasteiger partial charge in [0.15, 0.2) is 0 Å². The molecule has 1 amide bonds. The number of halogens is 2. The lowest BCUT2D eigenvalue weighted by Gasteiger charge is -2.37. The molecule has 2 saturated heterocycles. The number of nitrogens with one attached hydrogen (secondary N) is 3. The minimum absolute atomic E-state index is 0.0583. The molecule has 5 unspecified atom stereocenters. The fourth-order valence-corrected chi connectivity index (χ4v) is 6.52. The van der Waals surface area contributed by atoms with Crippen LogP contribution in [0.15, 0.2) is 0 Å². The van der Waals surface area contributed by atoms with Crippen molar-refractivity contribution in [2.75, 3.05) is 39.2 Å². The predicted octanol–water partition coefficient (Wildman–Crippen LogP) is 0.587. The molecule has 2 heterocycles. The minimum atomic E-state index is -3.75. The van der Waals surface area contributed by atoms with Crippen molar-refractivity contribution in [1.29, 1.82) is 0 Å². The van der Waals surface area contributed by atoms with E-state index in [2.05, 4.69) is 20.5 Å². The first-order valence-corrected chi connectivity index (χ1v) is 12.2. The number of carbonyl (C=O) groups excluding carboxylic acids is 1. The average Bonchev–Trinajstić information content (AvgIpc) is 3.08. The van der Waals surface area contributed by atoms with Crippen molar-refractivity contribution in [3.05, 3.63) is 0 Å². The van der Waals surface area contributed by atoms with Gasteiger partial charge in [-0.3, -0.25) is 20.4 Å². The van der Waals surface area contributed by atoms with Crippen LogP contribution in [0.2, 0.25) is 0 Å². The number of alkyl halides is 2. The third-order valence-corrected chi connectivity index (χ3v) is 8.33. The van der Waals surface area contributed by atoms with Gasteiger partial charge in [-0.15, -0.1) is 16.4 Å². The van der Waals surface area contributed by atoms with Crippen LogP contribution in [0.1, 0.15) is 32.6 Å². The first-order valence-electron chi connectivity index (χ1n) is 10.2. The van der Waals surface area contributed by atoms with Crippen molar-refractivity contribution in [3.63, 3.8) is 0 Å². The Balaban J connectivity index is 1.56. The maximum Gasteiger partial charge on any atom is 0.241 e. The number of hydrazine groups is 1. The number of hydrogen-bond acceptors (Lipinski definition) is 6. The van der Waals surface area contributed by atoms with Crippen molar-refractivity contribution < 1.29 is 22.3 Å². The lowest BCUT2D eigenvalue weighted by Crippen LogP contribution is -2.53. The molecule has 8 nitrogen and oxygen atoms in total. The first kappa shape index (κ1) is 23.1. The van der Waals surface area contributed by atoms with E-state index in [1.165, 1.54) is 0 Å². The first-order chi connectivity index (χ1) is 13.6. The average molecular weight is 455 g/mol. The summed E-state index contributed by atoms with van der Waals surface area (Å²) in [6.07, 6.45) is 0.581. The van der Waals surface area contributed by atoms with Crippen molar-refractivity contribution in [3.8, 4) is 0 Å². The zero-order chi connectivity index (χ0) is 21.2.